The summed E-state index contributed by atoms with van der Waals surface area (Å²) in [5.41, 5.74) is 5.34. The van der Waals surface area contributed by atoms with Crippen molar-refractivity contribution < 1.29 is 4.79 Å². The third-order valence-electron chi connectivity index (χ3n) is 2.49. The summed E-state index contributed by atoms with van der Waals surface area (Å²) in [5.74, 6) is 2.02. The lowest BCUT2D eigenvalue weighted by Gasteiger charge is -2.12. The first-order valence-electron chi connectivity index (χ1n) is 4.92. The fraction of sp³-hybridized carbons (Fsp3) is 0.700. The van der Waals surface area contributed by atoms with Gasteiger partial charge in [-0.15, -0.1) is 6.58 Å². The van der Waals surface area contributed by atoms with Crippen molar-refractivity contribution in [3.63, 3.8) is 0 Å². The van der Waals surface area contributed by atoms with E-state index in [1.165, 1.54) is 0 Å². The molecule has 0 atom stereocenters. The number of nitrogens with one attached hydrogen (secondary N) is 1. The quantitative estimate of drug-likeness (QED) is 0.486. The highest BCUT2D eigenvalue weighted by atomic mass is 32.2. The molecule has 1 saturated carbocycles. The van der Waals surface area contributed by atoms with Gasteiger partial charge in [0.05, 0.1) is 5.41 Å². The molecule has 14 heavy (non-hydrogen) atoms. The predicted octanol–water partition coefficient (Wildman–Crippen LogP) is 0.761. The zero-order chi connectivity index (χ0) is 10.4. The third-order valence-corrected chi connectivity index (χ3v) is 3.46. The van der Waals surface area contributed by atoms with E-state index in [0.717, 1.165) is 30.9 Å². The Hall–Kier alpha value is -0.480. The second-order valence-electron chi connectivity index (χ2n) is 3.60. The van der Waals surface area contributed by atoms with Crippen LogP contribution in [0.3, 0.4) is 0 Å². The van der Waals surface area contributed by atoms with Crippen LogP contribution in [0.5, 0.6) is 0 Å². The molecule has 0 saturated heterocycles. The molecule has 0 unspecified atom stereocenters. The molecule has 0 radical (unpaired) electrons. The van der Waals surface area contributed by atoms with Gasteiger partial charge < -0.3 is 11.1 Å². The highest BCUT2D eigenvalue weighted by molar-refractivity contribution is 7.99. The molecule has 80 valence electrons. The van der Waals surface area contributed by atoms with Crippen molar-refractivity contribution in [2.45, 2.75) is 12.8 Å². The zero-order valence-corrected chi connectivity index (χ0v) is 9.24. The highest BCUT2D eigenvalue weighted by Gasteiger charge is 2.48. The second-order valence-corrected chi connectivity index (χ2v) is 4.75. The molecule has 0 aromatic rings. The maximum Gasteiger partial charge on any atom is 0.227 e. The third kappa shape index (κ3) is 3.03. The summed E-state index contributed by atoms with van der Waals surface area (Å²) in [6.45, 7) is 4.85. The van der Waals surface area contributed by atoms with E-state index in [0.29, 0.717) is 6.54 Å². The summed E-state index contributed by atoms with van der Waals surface area (Å²) in [4.78, 5) is 11.6. The summed E-state index contributed by atoms with van der Waals surface area (Å²) < 4.78 is 0. The van der Waals surface area contributed by atoms with Crippen LogP contribution in [-0.2, 0) is 4.79 Å². The van der Waals surface area contributed by atoms with E-state index in [9.17, 15) is 4.79 Å². The summed E-state index contributed by atoms with van der Waals surface area (Å²) in [5, 5.41) is 2.92. The van der Waals surface area contributed by atoms with Gasteiger partial charge in [0, 0.05) is 24.6 Å². The second kappa shape index (κ2) is 5.41. The Bertz CT molecular complexity index is 214. The van der Waals surface area contributed by atoms with Crippen LogP contribution in [0.1, 0.15) is 12.8 Å². The number of nitrogens with two attached hydrogens (primary N) is 1. The number of carbonyl (C=O) groups is 1. The Balaban J connectivity index is 2.07. The lowest BCUT2D eigenvalue weighted by Crippen LogP contribution is -2.37. The molecule has 0 spiro atoms. The van der Waals surface area contributed by atoms with Crippen LogP contribution in [0.2, 0.25) is 0 Å². The lowest BCUT2D eigenvalue weighted by atomic mass is 10.1. The summed E-state index contributed by atoms with van der Waals surface area (Å²) in [7, 11) is 0. The van der Waals surface area contributed by atoms with E-state index < -0.39 is 0 Å². The van der Waals surface area contributed by atoms with E-state index in [1.54, 1.807) is 11.8 Å². The number of amides is 1. The average molecular weight is 214 g/mol. The Morgan fingerprint density at radius 3 is 2.86 bits per heavy atom. The van der Waals surface area contributed by atoms with Crippen molar-refractivity contribution in [2.24, 2.45) is 11.1 Å². The number of hydrogen-bond acceptors (Lipinski definition) is 3. The van der Waals surface area contributed by atoms with E-state index in [-0.39, 0.29) is 11.3 Å². The van der Waals surface area contributed by atoms with Crippen molar-refractivity contribution >= 4 is 17.7 Å². The molecule has 1 fully saturated rings. The number of hydrogen-bond donors (Lipinski definition) is 2. The van der Waals surface area contributed by atoms with Gasteiger partial charge in [0.2, 0.25) is 5.91 Å². The van der Waals surface area contributed by atoms with Crippen LogP contribution in [0, 0.1) is 5.41 Å². The topological polar surface area (TPSA) is 55.1 Å². The van der Waals surface area contributed by atoms with Crippen LogP contribution in [0.15, 0.2) is 12.7 Å². The summed E-state index contributed by atoms with van der Waals surface area (Å²) in [6, 6.07) is 0. The molecule has 0 aromatic carbocycles. The Labute approximate surface area is 89.5 Å². The van der Waals surface area contributed by atoms with Crippen LogP contribution in [0.4, 0.5) is 0 Å². The highest BCUT2D eigenvalue weighted by Crippen LogP contribution is 2.44. The van der Waals surface area contributed by atoms with Gasteiger partial charge in [-0.2, -0.15) is 11.8 Å². The van der Waals surface area contributed by atoms with E-state index in [1.807, 2.05) is 6.08 Å². The minimum absolute atomic E-state index is 0.138. The van der Waals surface area contributed by atoms with Crippen LogP contribution in [0.25, 0.3) is 0 Å². The molecule has 0 aromatic heterocycles. The van der Waals surface area contributed by atoms with Gasteiger partial charge >= 0.3 is 0 Å². The fourth-order valence-corrected chi connectivity index (χ4v) is 1.85. The molecule has 0 bridgehead atoms. The molecular weight excluding hydrogens is 196 g/mol. The lowest BCUT2D eigenvalue weighted by molar-refractivity contribution is -0.125. The molecule has 1 amide bonds. The molecule has 3 N–H and O–H groups in total. The largest absolute Gasteiger partial charge is 0.355 e. The van der Waals surface area contributed by atoms with Crippen LogP contribution in [-0.4, -0.2) is 30.5 Å². The maximum atomic E-state index is 11.6. The normalized spacial score (nSPS) is 17.5. The standard InChI is InChI=1S/C10H18N2OS/c1-2-6-14-7-5-12-9(13)10(8-11)3-4-10/h2H,1,3-8,11H2,(H,12,13). The average Bonchev–Trinajstić information content (AvgIpc) is 2.98. The molecule has 3 nitrogen and oxygen atoms in total. The smallest absolute Gasteiger partial charge is 0.227 e. The first kappa shape index (κ1) is 11.6. The Morgan fingerprint density at radius 2 is 2.36 bits per heavy atom. The van der Waals surface area contributed by atoms with Crippen molar-refractivity contribution in [3.8, 4) is 0 Å². The number of thioether (sulfide) groups is 1. The van der Waals surface area contributed by atoms with Crippen molar-refractivity contribution in [2.75, 3.05) is 24.6 Å². The molecule has 1 aliphatic carbocycles. The summed E-state index contributed by atoms with van der Waals surface area (Å²) >= 11 is 1.77. The van der Waals surface area contributed by atoms with E-state index >= 15 is 0 Å². The van der Waals surface area contributed by atoms with E-state index in [4.69, 9.17) is 5.73 Å². The summed E-state index contributed by atoms with van der Waals surface area (Å²) in [6.07, 6.45) is 3.78. The number of carbonyl (C=O) groups excluding carboxylic acids is 1. The van der Waals surface area contributed by atoms with Gasteiger partial charge in [-0.1, -0.05) is 6.08 Å². The monoisotopic (exact) mass is 214 g/mol. The zero-order valence-electron chi connectivity index (χ0n) is 8.42. The van der Waals surface area contributed by atoms with Gasteiger partial charge in [-0.05, 0) is 12.8 Å². The Morgan fingerprint density at radius 1 is 1.64 bits per heavy atom. The minimum atomic E-state index is -0.205. The minimum Gasteiger partial charge on any atom is -0.355 e. The van der Waals surface area contributed by atoms with Crippen molar-refractivity contribution in [1.29, 1.82) is 0 Å². The molecule has 1 rings (SSSR count). The molecule has 0 heterocycles. The first-order valence-corrected chi connectivity index (χ1v) is 6.08. The van der Waals surface area contributed by atoms with E-state index in [2.05, 4.69) is 11.9 Å². The molecule has 1 aliphatic rings. The van der Waals surface area contributed by atoms with Gasteiger partial charge in [0.1, 0.15) is 0 Å². The van der Waals surface area contributed by atoms with Gasteiger partial charge in [-0.25, -0.2) is 0 Å². The molecular formula is C10H18N2OS. The SMILES string of the molecule is C=CCSCCNC(=O)C1(CN)CC1. The molecule has 4 heteroatoms. The van der Waals surface area contributed by atoms with Crippen molar-refractivity contribution in [1.82, 2.24) is 5.32 Å². The maximum absolute atomic E-state index is 11.6. The van der Waals surface area contributed by atoms with Crippen molar-refractivity contribution in [3.05, 3.63) is 12.7 Å². The first-order chi connectivity index (χ1) is 6.75. The number of rotatable bonds is 7. The van der Waals surface area contributed by atoms with Gasteiger partial charge in [0.15, 0.2) is 0 Å². The van der Waals surface area contributed by atoms with Crippen LogP contribution < -0.4 is 11.1 Å². The fourth-order valence-electron chi connectivity index (χ4n) is 1.27. The van der Waals surface area contributed by atoms with Crippen LogP contribution >= 0.6 is 11.8 Å². The van der Waals surface area contributed by atoms with Gasteiger partial charge in [-0.3, -0.25) is 4.79 Å². The molecule has 0 aliphatic heterocycles. The Kier molecular flexibility index (Phi) is 4.48. The van der Waals surface area contributed by atoms with Gasteiger partial charge in [0.25, 0.3) is 0 Å². The predicted molar refractivity (Wildman–Crippen MR) is 61.3 cm³/mol.